The second-order valence-corrected chi connectivity index (χ2v) is 5.64. The van der Waals surface area contributed by atoms with Crippen molar-refractivity contribution in [2.75, 3.05) is 6.54 Å². The first kappa shape index (κ1) is 16.6. The molecule has 1 aromatic heterocycles. The van der Waals surface area contributed by atoms with Gasteiger partial charge in [0.15, 0.2) is 6.10 Å². The first-order chi connectivity index (χ1) is 10.5. The Kier molecular flexibility index (Phi) is 5.69. The molecular formula is C15H17Cl2N3O2. The first-order valence-electron chi connectivity index (χ1n) is 6.83. The van der Waals surface area contributed by atoms with E-state index in [0.717, 1.165) is 5.69 Å². The number of hydrogen-bond acceptors (Lipinski definition) is 3. The molecule has 1 amide bonds. The third kappa shape index (κ3) is 4.39. The van der Waals surface area contributed by atoms with Gasteiger partial charge in [-0.2, -0.15) is 5.10 Å². The van der Waals surface area contributed by atoms with Crippen molar-refractivity contribution in [2.45, 2.75) is 19.4 Å². The van der Waals surface area contributed by atoms with E-state index in [2.05, 4.69) is 10.4 Å². The molecule has 0 aliphatic rings. The summed E-state index contributed by atoms with van der Waals surface area (Å²) in [6.07, 6.45) is 1.82. The van der Waals surface area contributed by atoms with Gasteiger partial charge in [-0.15, -0.1) is 0 Å². The molecule has 1 heterocycles. The van der Waals surface area contributed by atoms with Crippen LogP contribution in [0.3, 0.4) is 0 Å². The maximum atomic E-state index is 12.0. The van der Waals surface area contributed by atoms with Gasteiger partial charge in [-0.25, -0.2) is 0 Å². The second-order valence-electron chi connectivity index (χ2n) is 4.82. The normalized spacial score (nSPS) is 12.0. The van der Waals surface area contributed by atoms with Crippen molar-refractivity contribution in [3.05, 3.63) is 46.2 Å². The van der Waals surface area contributed by atoms with Crippen molar-refractivity contribution in [3.8, 4) is 5.75 Å². The summed E-state index contributed by atoms with van der Waals surface area (Å²) >= 11 is 11.7. The minimum absolute atomic E-state index is 0.187. The number of hydrogen-bond donors (Lipinski definition) is 1. The van der Waals surface area contributed by atoms with Crippen LogP contribution in [0.1, 0.15) is 12.6 Å². The number of nitrogens with zero attached hydrogens (tertiary/aromatic N) is 2. The van der Waals surface area contributed by atoms with Crippen LogP contribution in [0.4, 0.5) is 0 Å². The van der Waals surface area contributed by atoms with E-state index in [-0.39, 0.29) is 5.91 Å². The molecule has 118 valence electrons. The summed E-state index contributed by atoms with van der Waals surface area (Å²) in [5.74, 6) is 0.317. The Morgan fingerprint density at radius 2 is 2.14 bits per heavy atom. The number of benzene rings is 1. The lowest BCUT2D eigenvalue weighted by Crippen LogP contribution is -2.37. The molecule has 2 aromatic rings. The van der Waals surface area contributed by atoms with E-state index in [9.17, 15) is 4.79 Å². The Labute approximate surface area is 139 Å². The minimum Gasteiger partial charge on any atom is -0.481 e. The molecule has 0 bridgehead atoms. The number of nitrogens with one attached hydrogen (secondary N) is 1. The Balaban J connectivity index is 1.81. The van der Waals surface area contributed by atoms with Gasteiger partial charge in [-0.1, -0.05) is 23.2 Å². The third-order valence-corrected chi connectivity index (χ3v) is 3.92. The molecule has 0 saturated heterocycles. The molecule has 1 aromatic carbocycles. The van der Waals surface area contributed by atoms with E-state index >= 15 is 0 Å². The lowest BCUT2D eigenvalue weighted by molar-refractivity contribution is -0.127. The van der Waals surface area contributed by atoms with Gasteiger partial charge in [-0.05, 0) is 25.1 Å². The highest BCUT2D eigenvalue weighted by Crippen LogP contribution is 2.26. The fraction of sp³-hybridized carbons (Fsp3) is 0.333. The maximum Gasteiger partial charge on any atom is 0.260 e. The molecule has 7 heteroatoms. The number of ether oxygens (including phenoxy) is 1. The lowest BCUT2D eigenvalue weighted by atomic mass is 10.3. The number of carbonyl (C=O) groups excluding carboxylic acids is 1. The number of rotatable bonds is 6. The standard InChI is InChI=1S/C15H17Cl2N3O2/c1-10(22-12-3-4-13(16)14(17)9-12)15(21)18-7-5-11-6-8-19-20(11)2/h3-4,6,8-10H,5,7H2,1-2H3,(H,18,21). The summed E-state index contributed by atoms with van der Waals surface area (Å²) in [6, 6.07) is 6.81. The fourth-order valence-electron chi connectivity index (χ4n) is 1.91. The number of halogens is 2. The van der Waals surface area contributed by atoms with Gasteiger partial charge in [0.2, 0.25) is 0 Å². The molecule has 1 atom stereocenters. The van der Waals surface area contributed by atoms with Crippen molar-refractivity contribution in [3.63, 3.8) is 0 Å². The van der Waals surface area contributed by atoms with Gasteiger partial charge >= 0.3 is 0 Å². The predicted octanol–water partition coefficient (Wildman–Crippen LogP) is 2.85. The Morgan fingerprint density at radius 1 is 1.36 bits per heavy atom. The molecule has 0 radical (unpaired) electrons. The zero-order chi connectivity index (χ0) is 16.1. The Hall–Kier alpha value is -1.72. The van der Waals surface area contributed by atoms with Crippen LogP contribution in [-0.4, -0.2) is 28.3 Å². The molecule has 0 aliphatic heterocycles. The SMILES string of the molecule is CC(Oc1ccc(Cl)c(Cl)c1)C(=O)NCCc1ccnn1C. The molecule has 5 nitrogen and oxygen atoms in total. The molecule has 0 fully saturated rings. The van der Waals surface area contributed by atoms with Crippen molar-refractivity contribution in [2.24, 2.45) is 7.05 Å². The molecule has 1 N–H and O–H groups in total. The summed E-state index contributed by atoms with van der Waals surface area (Å²) in [5, 5.41) is 7.74. The number of amides is 1. The zero-order valence-electron chi connectivity index (χ0n) is 12.3. The molecule has 0 spiro atoms. The molecular weight excluding hydrogens is 325 g/mol. The zero-order valence-corrected chi connectivity index (χ0v) is 13.9. The Bertz CT molecular complexity index is 658. The van der Waals surface area contributed by atoms with Crippen molar-refractivity contribution in [1.29, 1.82) is 0 Å². The van der Waals surface area contributed by atoms with Gasteiger partial charge in [0.1, 0.15) is 5.75 Å². The number of carbonyl (C=O) groups is 1. The predicted molar refractivity (Wildman–Crippen MR) is 86.5 cm³/mol. The Morgan fingerprint density at radius 3 is 2.77 bits per heavy atom. The van der Waals surface area contributed by atoms with Gasteiger partial charge < -0.3 is 10.1 Å². The lowest BCUT2D eigenvalue weighted by Gasteiger charge is -2.15. The van der Waals surface area contributed by atoms with Crippen LogP contribution in [-0.2, 0) is 18.3 Å². The molecule has 0 aliphatic carbocycles. The second kappa shape index (κ2) is 7.51. The van der Waals surface area contributed by atoms with E-state index in [0.29, 0.717) is 28.8 Å². The van der Waals surface area contributed by atoms with Crippen molar-refractivity contribution >= 4 is 29.1 Å². The summed E-state index contributed by atoms with van der Waals surface area (Å²) < 4.78 is 7.33. The molecule has 1 unspecified atom stereocenters. The van der Waals surface area contributed by atoms with E-state index < -0.39 is 6.10 Å². The summed E-state index contributed by atoms with van der Waals surface area (Å²) in [4.78, 5) is 12.0. The maximum absolute atomic E-state index is 12.0. The average Bonchev–Trinajstić information content (AvgIpc) is 2.88. The average molecular weight is 342 g/mol. The topological polar surface area (TPSA) is 56.1 Å². The van der Waals surface area contributed by atoms with E-state index in [4.69, 9.17) is 27.9 Å². The molecule has 2 rings (SSSR count). The highest BCUT2D eigenvalue weighted by Gasteiger charge is 2.14. The summed E-state index contributed by atoms with van der Waals surface area (Å²) in [6.45, 7) is 2.20. The third-order valence-electron chi connectivity index (χ3n) is 3.18. The summed E-state index contributed by atoms with van der Waals surface area (Å²) in [5.41, 5.74) is 1.05. The van der Waals surface area contributed by atoms with Gasteiger partial charge in [-0.3, -0.25) is 9.48 Å². The van der Waals surface area contributed by atoms with Crippen LogP contribution in [0.15, 0.2) is 30.5 Å². The van der Waals surface area contributed by atoms with Gasteiger partial charge in [0.05, 0.1) is 10.0 Å². The molecule has 0 saturated carbocycles. The fourth-order valence-corrected chi connectivity index (χ4v) is 2.20. The van der Waals surface area contributed by atoms with Crippen LogP contribution < -0.4 is 10.1 Å². The smallest absolute Gasteiger partial charge is 0.260 e. The van der Waals surface area contributed by atoms with Crippen molar-refractivity contribution in [1.82, 2.24) is 15.1 Å². The van der Waals surface area contributed by atoms with Crippen LogP contribution in [0.5, 0.6) is 5.75 Å². The van der Waals surface area contributed by atoms with E-state index in [1.54, 1.807) is 36.0 Å². The van der Waals surface area contributed by atoms with Gasteiger partial charge in [0, 0.05) is 38.0 Å². The summed E-state index contributed by atoms with van der Waals surface area (Å²) in [7, 11) is 1.87. The number of aryl methyl sites for hydroxylation is 1. The quantitative estimate of drug-likeness (QED) is 0.878. The first-order valence-corrected chi connectivity index (χ1v) is 7.59. The van der Waals surface area contributed by atoms with Crippen molar-refractivity contribution < 1.29 is 9.53 Å². The highest BCUT2D eigenvalue weighted by atomic mass is 35.5. The highest BCUT2D eigenvalue weighted by molar-refractivity contribution is 6.42. The van der Waals surface area contributed by atoms with Crippen LogP contribution in [0.2, 0.25) is 10.0 Å². The van der Waals surface area contributed by atoms with Crippen LogP contribution in [0, 0.1) is 0 Å². The van der Waals surface area contributed by atoms with E-state index in [1.807, 2.05) is 13.1 Å². The minimum atomic E-state index is -0.622. The largest absolute Gasteiger partial charge is 0.481 e. The monoisotopic (exact) mass is 341 g/mol. The molecule has 22 heavy (non-hydrogen) atoms. The van der Waals surface area contributed by atoms with Crippen LogP contribution in [0.25, 0.3) is 0 Å². The van der Waals surface area contributed by atoms with Gasteiger partial charge in [0.25, 0.3) is 5.91 Å². The van der Waals surface area contributed by atoms with E-state index in [1.165, 1.54) is 0 Å². The number of aromatic nitrogens is 2. The van der Waals surface area contributed by atoms with Crippen LogP contribution >= 0.6 is 23.2 Å².